The Morgan fingerprint density at radius 1 is 1.10 bits per heavy atom. The van der Waals surface area contributed by atoms with E-state index in [0.29, 0.717) is 24.3 Å². The molecular weight excluding hydrogens is 518 g/mol. The van der Waals surface area contributed by atoms with Crippen molar-refractivity contribution in [3.05, 3.63) is 88.6 Å². The number of halogens is 2. The molecule has 1 aliphatic heterocycles. The maximum Gasteiger partial charge on any atom is 0.411 e. The van der Waals surface area contributed by atoms with Crippen molar-refractivity contribution >= 4 is 29.4 Å². The topological polar surface area (TPSA) is 101 Å². The number of ether oxygens (including phenoxy) is 1. The summed E-state index contributed by atoms with van der Waals surface area (Å²) in [5, 5.41) is 5.68. The minimum atomic E-state index is -0.861. The van der Waals surface area contributed by atoms with Crippen LogP contribution in [0.3, 0.4) is 0 Å². The first-order chi connectivity index (χ1) is 18.8. The Morgan fingerprint density at radius 2 is 1.80 bits per heavy atom. The van der Waals surface area contributed by atoms with Crippen molar-refractivity contribution in [2.24, 2.45) is 0 Å². The highest BCUT2D eigenvalue weighted by molar-refractivity contribution is 6.06. The van der Waals surface area contributed by atoms with Gasteiger partial charge in [-0.1, -0.05) is 12.1 Å². The molecule has 3 aromatic rings. The van der Waals surface area contributed by atoms with E-state index in [1.165, 1.54) is 0 Å². The van der Waals surface area contributed by atoms with Gasteiger partial charge in [-0.3, -0.25) is 14.5 Å². The molecule has 2 aliphatic rings. The van der Waals surface area contributed by atoms with Gasteiger partial charge in [0, 0.05) is 23.5 Å². The molecule has 0 unspecified atom stereocenters. The normalized spacial score (nSPS) is 18.1. The molecule has 10 heteroatoms. The van der Waals surface area contributed by atoms with Crippen LogP contribution in [0.1, 0.15) is 56.0 Å². The summed E-state index contributed by atoms with van der Waals surface area (Å²) in [5.41, 5.74) is 1.88. The van der Waals surface area contributed by atoms with Gasteiger partial charge in [0.25, 0.3) is 0 Å². The minimum absolute atomic E-state index is 0.0984. The van der Waals surface area contributed by atoms with Crippen LogP contribution in [-0.4, -0.2) is 39.9 Å². The Balaban J connectivity index is 1.34. The van der Waals surface area contributed by atoms with Crippen LogP contribution in [0.4, 0.5) is 25.1 Å². The first-order valence-electron chi connectivity index (χ1n) is 13.0. The predicted molar refractivity (Wildman–Crippen MR) is 145 cm³/mol. The number of fused-ring (bicyclic) bond motifs is 3. The lowest BCUT2D eigenvalue weighted by molar-refractivity contribution is -0.120. The zero-order chi connectivity index (χ0) is 28.8. The Hall–Kier alpha value is -4.34. The van der Waals surface area contributed by atoms with Crippen molar-refractivity contribution in [2.75, 3.05) is 17.2 Å². The molecule has 1 aromatic heterocycles. The lowest BCUT2D eigenvalue weighted by atomic mass is 9.79. The number of pyridine rings is 1. The minimum Gasteiger partial charge on any atom is -0.444 e. The number of carbonyl (C=O) groups is 3. The van der Waals surface area contributed by atoms with Crippen molar-refractivity contribution in [3.63, 3.8) is 0 Å². The lowest BCUT2D eigenvalue weighted by Crippen LogP contribution is -2.42. The highest BCUT2D eigenvalue weighted by atomic mass is 19.1. The summed E-state index contributed by atoms with van der Waals surface area (Å²) in [6, 6.07) is 11.3. The first kappa shape index (κ1) is 27.2. The van der Waals surface area contributed by atoms with Gasteiger partial charge in [-0.15, -0.1) is 0 Å². The van der Waals surface area contributed by atoms with Gasteiger partial charge in [0.15, 0.2) is 0 Å². The van der Waals surface area contributed by atoms with Crippen LogP contribution >= 0.6 is 0 Å². The smallest absolute Gasteiger partial charge is 0.411 e. The van der Waals surface area contributed by atoms with Crippen molar-refractivity contribution in [1.29, 1.82) is 0 Å². The van der Waals surface area contributed by atoms with Crippen LogP contribution in [0.5, 0.6) is 0 Å². The van der Waals surface area contributed by atoms with Gasteiger partial charge in [0.2, 0.25) is 11.8 Å². The largest absolute Gasteiger partial charge is 0.444 e. The molecule has 40 heavy (non-hydrogen) atoms. The molecule has 2 heterocycles. The van der Waals surface area contributed by atoms with Crippen LogP contribution in [-0.2, 0) is 32.6 Å². The third kappa shape index (κ3) is 5.25. The van der Waals surface area contributed by atoms with Gasteiger partial charge in [0.05, 0.1) is 11.5 Å². The van der Waals surface area contributed by atoms with Crippen molar-refractivity contribution in [2.45, 2.75) is 57.6 Å². The quantitative estimate of drug-likeness (QED) is 0.452. The van der Waals surface area contributed by atoms with E-state index >= 15 is 0 Å². The van der Waals surface area contributed by atoms with E-state index in [4.69, 9.17) is 4.74 Å². The Kier molecular flexibility index (Phi) is 6.81. The molecule has 0 fully saturated rings. The van der Waals surface area contributed by atoms with Gasteiger partial charge in [-0.05, 0) is 87.6 Å². The zero-order valence-electron chi connectivity index (χ0n) is 22.7. The second kappa shape index (κ2) is 10.0. The third-order valence-electron chi connectivity index (χ3n) is 7.24. The summed E-state index contributed by atoms with van der Waals surface area (Å²) in [6.45, 7) is 6.21. The molecule has 2 atom stereocenters. The second-order valence-corrected chi connectivity index (χ2v) is 11.3. The number of carbonyl (C=O) groups excluding carboxylic acids is 3. The van der Waals surface area contributed by atoms with Gasteiger partial charge in [0.1, 0.15) is 29.6 Å². The number of nitrogens with one attached hydrogen (secondary N) is 2. The van der Waals surface area contributed by atoms with Crippen LogP contribution in [0.15, 0.2) is 54.7 Å². The number of anilines is 2. The molecule has 1 aliphatic carbocycles. The van der Waals surface area contributed by atoms with Crippen LogP contribution in [0, 0.1) is 11.6 Å². The molecule has 0 bridgehead atoms. The van der Waals surface area contributed by atoms with Gasteiger partial charge >= 0.3 is 6.09 Å². The number of aromatic nitrogens is 1. The fourth-order valence-corrected chi connectivity index (χ4v) is 5.38. The van der Waals surface area contributed by atoms with E-state index in [0.717, 1.165) is 39.8 Å². The number of hydrogen-bond acceptors (Lipinski definition) is 5. The SMILES string of the molecule is C[C@H](c1cc(F)cc(F)c1)N(CC(=O)Nc1ccc2c(c1)C[C@@]1(C2)C(=O)Nc2ncccc21)C(=O)OC(C)(C)C. The number of amides is 3. The maximum absolute atomic E-state index is 13.9. The molecule has 0 saturated heterocycles. The Labute approximate surface area is 230 Å². The second-order valence-electron chi connectivity index (χ2n) is 11.3. The van der Waals surface area contributed by atoms with E-state index in [-0.39, 0.29) is 11.5 Å². The fraction of sp³-hybridized carbons (Fsp3) is 0.333. The predicted octanol–water partition coefficient (Wildman–Crippen LogP) is 5.29. The van der Waals surface area contributed by atoms with Gasteiger partial charge in [-0.25, -0.2) is 18.6 Å². The van der Waals surface area contributed by atoms with Gasteiger partial charge < -0.3 is 15.4 Å². The molecule has 2 aromatic carbocycles. The number of hydrogen-bond donors (Lipinski definition) is 2. The zero-order valence-corrected chi connectivity index (χ0v) is 22.7. The summed E-state index contributed by atoms with van der Waals surface area (Å²) < 4.78 is 33.3. The number of rotatable bonds is 5. The molecular formula is C30H30F2N4O4. The van der Waals surface area contributed by atoms with E-state index in [9.17, 15) is 23.2 Å². The number of nitrogens with zero attached hydrogens (tertiary/aromatic N) is 2. The summed E-state index contributed by atoms with van der Waals surface area (Å²) in [4.78, 5) is 44.6. The average molecular weight is 549 g/mol. The van der Waals surface area contributed by atoms with E-state index < -0.39 is 47.2 Å². The molecule has 2 N–H and O–H groups in total. The van der Waals surface area contributed by atoms with Crippen molar-refractivity contribution in [3.8, 4) is 0 Å². The molecule has 1 spiro atoms. The Bertz CT molecular complexity index is 1500. The van der Waals surface area contributed by atoms with E-state index in [1.807, 2.05) is 24.3 Å². The molecule has 0 radical (unpaired) electrons. The molecule has 8 nitrogen and oxygen atoms in total. The summed E-state index contributed by atoms with van der Waals surface area (Å²) in [5.74, 6) is -1.63. The molecule has 0 saturated carbocycles. The van der Waals surface area contributed by atoms with E-state index in [2.05, 4.69) is 15.6 Å². The highest BCUT2D eigenvalue weighted by Gasteiger charge is 2.51. The van der Waals surface area contributed by atoms with Crippen LogP contribution in [0.2, 0.25) is 0 Å². The summed E-state index contributed by atoms with van der Waals surface area (Å²) >= 11 is 0. The van der Waals surface area contributed by atoms with Crippen molar-refractivity contribution in [1.82, 2.24) is 9.88 Å². The molecule has 3 amide bonds. The fourth-order valence-electron chi connectivity index (χ4n) is 5.38. The maximum atomic E-state index is 13.9. The highest BCUT2D eigenvalue weighted by Crippen LogP contribution is 2.47. The lowest BCUT2D eigenvalue weighted by Gasteiger charge is -2.31. The first-order valence-corrected chi connectivity index (χ1v) is 13.0. The molecule has 5 rings (SSSR count). The average Bonchev–Trinajstić information content (AvgIpc) is 3.37. The monoisotopic (exact) mass is 548 g/mol. The van der Waals surface area contributed by atoms with E-state index in [1.54, 1.807) is 40.0 Å². The molecule has 208 valence electrons. The van der Waals surface area contributed by atoms with Gasteiger partial charge in [-0.2, -0.15) is 0 Å². The van der Waals surface area contributed by atoms with Crippen LogP contribution < -0.4 is 10.6 Å². The van der Waals surface area contributed by atoms with Crippen LogP contribution in [0.25, 0.3) is 0 Å². The number of benzene rings is 2. The standard InChI is InChI=1S/C30H30F2N4O4/c1-17(19-10-21(31)13-22(32)11-19)36(28(39)40-29(2,3)4)16-25(37)34-23-8-7-18-14-30(15-20(18)12-23)24-6-5-9-33-26(24)35-27(30)38/h5-13,17H,14-16H2,1-4H3,(H,34,37)(H,33,35,38)/t17-,30-/m1/s1. The summed E-state index contributed by atoms with van der Waals surface area (Å²) in [7, 11) is 0. The summed E-state index contributed by atoms with van der Waals surface area (Å²) in [6.07, 6.45) is 1.83. The Morgan fingerprint density at radius 3 is 2.50 bits per heavy atom. The third-order valence-corrected chi connectivity index (χ3v) is 7.24. The van der Waals surface area contributed by atoms with Crippen molar-refractivity contribution < 1.29 is 27.9 Å².